The SMILES string of the molecule is CCCCCCCCCCC[C@@H](O)CC(=O)N[C@H]1[C@@H](OCC(=O)O)O[C@H](COC(=O)[C@@H](COP(=O)(O)O)OC(=O)C[C@H](O)CCCCCCCCCCC)[C@@H](O)[C@@H]1OC(=O)C[C@H](O)CCCCCCCCCCC. The van der Waals surface area contributed by atoms with E-state index in [1.165, 1.54) is 64.2 Å². The van der Waals surface area contributed by atoms with E-state index in [-0.39, 0.29) is 12.8 Å². The van der Waals surface area contributed by atoms with E-state index in [4.69, 9.17) is 23.7 Å². The van der Waals surface area contributed by atoms with Gasteiger partial charge in [0.15, 0.2) is 12.4 Å². The van der Waals surface area contributed by atoms with Crippen LogP contribution >= 0.6 is 7.82 Å². The number of phosphoric acid groups is 1. The molecule has 0 aromatic carbocycles. The van der Waals surface area contributed by atoms with Crippen molar-refractivity contribution in [3.63, 3.8) is 0 Å². The normalized spacial score (nSPS) is 19.6. The Hall–Kier alpha value is -2.78. The first-order chi connectivity index (χ1) is 35.4. The molecule has 20 nitrogen and oxygen atoms in total. The molecule has 8 N–H and O–H groups in total. The lowest BCUT2D eigenvalue weighted by Crippen LogP contribution is -2.66. The fraction of sp³-hybridized carbons (Fsp3) is 0.906. The summed E-state index contributed by atoms with van der Waals surface area (Å²) >= 11 is 0. The minimum atomic E-state index is -5.23. The molecule has 0 bridgehead atoms. The van der Waals surface area contributed by atoms with Gasteiger partial charge in [-0.2, -0.15) is 0 Å². The highest BCUT2D eigenvalue weighted by atomic mass is 31.2. The predicted molar refractivity (Wildman–Crippen MR) is 276 cm³/mol. The summed E-state index contributed by atoms with van der Waals surface area (Å²) in [4.78, 5) is 83.7. The number of carboxylic acid groups (broad SMARTS) is 1. The smallest absolute Gasteiger partial charge is 0.469 e. The number of amides is 1. The zero-order valence-electron chi connectivity index (χ0n) is 45.1. The van der Waals surface area contributed by atoms with Gasteiger partial charge in [0.2, 0.25) is 12.0 Å². The Kier molecular flexibility index (Phi) is 40.4. The van der Waals surface area contributed by atoms with Gasteiger partial charge >= 0.3 is 31.7 Å². The standard InChI is InChI=1S/C53H98NO19P/c1-4-7-10-13-16-19-22-25-28-31-40(55)34-45(58)54-49-51(73-48(62)36-42(57)33-30-27-24-21-18-15-12-9-6-3)50(63)43(72-53(49)69-39-46(59)60)37-68-52(64)44(38-70-74(65,66)67)71-47(61)35-41(56)32-29-26-23-20-17-14-11-8-5-2/h40-44,49-51,53,55-57,63H,4-39H2,1-3H3,(H,54,58)(H,59,60)(H2,65,66,67)/t40-,41-,42-,43-,44-,49-,50-,51-,53+/m1/s1. The molecular weight excluding hydrogens is 986 g/mol. The molecule has 434 valence electrons. The predicted octanol–water partition coefficient (Wildman–Crippen LogP) is 8.15. The number of aliphatic carboxylic acids is 1. The van der Waals surface area contributed by atoms with Gasteiger partial charge in [0.25, 0.3) is 0 Å². The first-order valence-electron chi connectivity index (χ1n) is 28.2. The molecule has 1 aliphatic rings. The first-order valence-corrected chi connectivity index (χ1v) is 29.7. The summed E-state index contributed by atoms with van der Waals surface area (Å²) < 4.78 is 43.5. The number of nitrogens with one attached hydrogen (secondary N) is 1. The van der Waals surface area contributed by atoms with E-state index >= 15 is 0 Å². The molecular formula is C53H98NO19P. The van der Waals surface area contributed by atoms with E-state index in [0.717, 1.165) is 89.9 Å². The lowest BCUT2D eigenvalue weighted by Gasteiger charge is -2.44. The van der Waals surface area contributed by atoms with Crippen LogP contribution in [0, 0.1) is 0 Å². The minimum Gasteiger partial charge on any atom is -0.480 e. The number of esters is 3. The second-order valence-corrected chi connectivity index (χ2v) is 21.3. The monoisotopic (exact) mass is 1080 g/mol. The van der Waals surface area contributed by atoms with Crippen LogP contribution in [0.2, 0.25) is 0 Å². The highest BCUT2D eigenvalue weighted by Crippen LogP contribution is 2.36. The Morgan fingerprint density at radius 3 is 1.42 bits per heavy atom. The Morgan fingerprint density at radius 1 is 0.595 bits per heavy atom. The van der Waals surface area contributed by atoms with E-state index in [9.17, 15) is 63.9 Å². The van der Waals surface area contributed by atoms with Crippen LogP contribution in [0.15, 0.2) is 0 Å². The van der Waals surface area contributed by atoms with Crippen LogP contribution in [-0.2, 0) is 56.7 Å². The van der Waals surface area contributed by atoms with Crippen molar-refractivity contribution in [3.8, 4) is 0 Å². The van der Waals surface area contributed by atoms with Gasteiger partial charge < -0.3 is 64.3 Å². The first kappa shape index (κ1) is 69.2. The number of phosphoric ester groups is 1. The molecule has 0 spiro atoms. The summed E-state index contributed by atoms with van der Waals surface area (Å²) in [6.45, 7) is 3.35. The number of carbonyl (C=O) groups is 5. The number of hydrogen-bond acceptors (Lipinski definition) is 16. The van der Waals surface area contributed by atoms with E-state index < -0.39 is 132 Å². The summed E-state index contributed by atoms with van der Waals surface area (Å²) in [5, 5.41) is 55.9. The van der Waals surface area contributed by atoms with Crippen LogP contribution in [0.1, 0.15) is 233 Å². The molecule has 0 unspecified atom stereocenters. The number of ether oxygens (including phenoxy) is 5. The Bertz CT molecular complexity index is 1540. The zero-order chi connectivity index (χ0) is 55.0. The average molecular weight is 1080 g/mol. The lowest BCUT2D eigenvalue weighted by molar-refractivity contribution is -0.275. The number of carboxylic acids is 1. The molecule has 0 aromatic heterocycles. The third-order valence-electron chi connectivity index (χ3n) is 13.1. The van der Waals surface area contributed by atoms with Crippen molar-refractivity contribution in [2.75, 3.05) is 19.8 Å². The Morgan fingerprint density at radius 2 is 1.00 bits per heavy atom. The maximum absolute atomic E-state index is 13.5. The van der Waals surface area contributed by atoms with Gasteiger partial charge in [-0.05, 0) is 19.3 Å². The van der Waals surface area contributed by atoms with Gasteiger partial charge in [-0.15, -0.1) is 0 Å². The molecule has 1 rings (SSSR count). The zero-order valence-corrected chi connectivity index (χ0v) is 46.0. The van der Waals surface area contributed by atoms with Gasteiger partial charge in [-0.25, -0.2) is 14.2 Å². The van der Waals surface area contributed by atoms with Gasteiger partial charge in [0.05, 0.1) is 37.6 Å². The fourth-order valence-corrected chi connectivity index (χ4v) is 9.17. The van der Waals surface area contributed by atoms with Crippen LogP contribution < -0.4 is 5.32 Å². The topological polar surface area (TPSA) is 311 Å². The van der Waals surface area contributed by atoms with Crippen LogP contribution in [-0.4, -0.2) is 140 Å². The number of unbranched alkanes of at least 4 members (excludes halogenated alkanes) is 24. The summed E-state index contributed by atoms with van der Waals surface area (Å²) in [6.07, 6.45) is 14.9. The van der Waals surface area contributed by atoms with E-state index in [2.05, 4.69) is 30.6 Å². The highest BCUT2D eigenvalue weighted by molar-refractivity contribution is 7.46. The molecule has 0 aromatic rings. The van der Waals surface area contributed by atoms with Crippen molar-refractivity contribution >= 4 is 37.6 Å². The number of carbonyl (C=O) groups excluding carboxylic acids is 4. The average Bonchev–Trinajstić information content (AvgIpc) is 3.33. The molecule has 1 saturated heterocycles. The molecule has 74 heavy (non-hydrogen) atoms. The van der Waals surface area contributed by atoms with E-state index in [0.29, 0.717) is 25.7 Å². The number of hydrogen-bond donors (Lipinski definition) is 8. The van der Waals surface area contributed by atoms with Gasteiger partial charge in [-0.3, -0.25) is 18.9 Å². The van der Waals surface area contributed by atoms with Crippen molar-refractivity contribution in [2.45, 2.75) is 288 Å². The van der Waals surface area contributed by atoms with Crippen molar-refractivity contribution in [3.05, 3.63) is 0 Å². The molecule has 21 heteroatoms. The molecule has 1 aliphatic heterocycles. The highest BCUT2D eigenvalue weighted by Gasteiger charge is 2.50. The molecule has 0 radical (unpaired) electrons. The third-order valence-corrected chi connectivity index (χ3v) is 13.6. The van der Waals surface area contributed by atoms with Crippen LogP contribution in [0.4, 0.5) is 0 Å². The van der Waals surface area contributed by atoms with Crippen LogP contribution in [0.5, 0.6) is 0 Å². The lowest BCUT2D eigenvalue weighted by atomic mass is 9.95. The Balaban J connectivity index is 3.16. The number of rotatable bonds is 48. The molecule has 1 heterocycles. The number of aliphatic hydroxyl groups excluding tert-OH is 4. The van der Waals surface area contributed by atoms with E-state index in [1.807, 2.05) is 0 Å². The molecule has 1 fully saturated rings. The second-order valence-electron chi connectivity index (χ2n) is 20.1. The summed E-state index contributed by atoms with van der Waals surface area (Å²) in [5.41, 5.74) is 0. The minimum absolute atomic E-state index is 0.256. The van der Waals surface area contributed by atoms with Gasteiger partial charge in [0, 0.05) is 0 Å². The maximum Gasteiger partial charge on any atom is 0.469 e. The molecule has 9 atom stereocenters. The quantitative estimate of drug-likeness (QED) is 0.0123. The van der Waals surface area contributed by atoms with Crippen LogP contribution in [0.25, 0.3) is 0 Å². The van der Waals surface area contributed by atoms with Crippen LogP contribution in [0.3, 0.4) is 0 Å². The molecule has 0 aliphatic carbocycles. The molecule has 1 amide bonds. The summed E-state index contributed by atoms with van der Waals surface area (Å²) in [5.74, 6) is -5.78. The Labute approximate surface area is 441 Å². The maximum atomic E-state index is 13.5. The largest absolute Gasteiger partial charge is 0.480 e. The van der Waals surface area contributed by atoms with Crippen molar-refractivity contribution < 1.29 is 92.1 Å². The molecule has 0 saturated carbocycles. The van der Waals surface area contributed by atoms with Crippen molar-refractivity contribution in [2.24, 2.45) is 0 Å². The van der Waals surface area contributed by atoms with Crippen molar-refractivity contribution in [1.82, 2.24) is 5.32 Å². The summed E-state index contributed by atoms with van der Waals surface area (Å²) in [7, 11) is -5.23. The summed E-state index contributed by atoms with van der Waals surface area (Å²) in [6, 6.07) is -1.60. The number of aliphatic hydroxyl groups is 4. The second kappa shape index (κ2) is 43.2. The fourth-order valence-electron chi connectivity index (χ4n) is 8.84. The van der Waals surface area contributed by atoms with Gasteiger partial charge in [0.1, 0.15) is 38.1 Å². The third kappa shape index (κ3) is 36.3. The van der Waals surface area contributed by atoms with E-state index in [1.54, 1.807) is 0 Å². The van der Waals surface area contributed by atoms with Crippen molar-refractivity contribution in [1.29, 1.82) is 0 Å². The van der Waals surface area contributed by atoms with Gasteiger partial charge in [-0.1, -0.05) is 194 Å².